The van der Waals surface area contributed by atoms with Crippen LogP contribution in [0.1, 0.15) is 5.56 Å². The quantitative estimate of drug-likeness (QED) is 0.861. The summed E-state index contributed by atoms with van der Waals surface area (Å²) in [6.07, 6.45) is 0. The molecular weight excluding hydrogens is 345 g/mol. The van der Waals surface area contributed by atoms with E-state index in [-0.39, 0.29) is 34.6 Å². The van der Waals surface area contributed by atoms with Gasteiger partial charge in [-0.25, -0.2) is 8.42 Å². The monoisotopic (exact) mass is 359 g/mol. The Kier molecular flexibility index (Phi) is 5.83. The molecule has 2 aromatic rings. The molecule has 0 radical (unpaired) electrons. The van der Waals surface area contributed by atoms with Gasteiger partial charge >= 0.3 is 0 Å². The lowest BCUT2D eigenvalue weighted by atomic mass is 10.2. The van der Waals surface area contributed by atoms with Crippen molar-refractivity contribution in [3.63, 3.8) is 0 Å². The van der Waals surface area contributed by atoms with E-state index in [2.05, 4.69) is 0 Å². The Balaban J connectivity index is 2.37. The largest absolute Gasteiger partial charge is 0.395 e. The van der Waals surface area contributed by atoms with Crippen LogP contribution in [0.5, 0.6) is 0 Å². The van der Waals surface area contributed by atoms with Crippen LogP contribution >= 0.6 is 23.2 Å². The number of hydrogen-bond acceptors (Lipinski definition) is 3. The van der Waals surface area contributed by atoms with Gasteiger partial charge in [-0.15, -0.1) is 0 Å². The van der Waals surface area contributed by atoms with E-state index in [1.54, 1.807) is 0 Å². The Hall–Kier alpha value is -1.11. The summed E-state index contributed by atoms with van der Waals surface area (Å²) in [7, 11) is -3.80. The minimum Gasteiger partial charge on any atom is -0.395 e. The normalized spacial score (nSPS) is 11.8. The van der Waals surface area contributed by atoms with Crippen molar-refractivity contribution in [2.75, 3.05) is 13.2 Å². The summed E-state index contributed by atoms with van der Waals surface area (Å²) in [5, 5.41) is 9.67. The van der Waals surface area contributed by atoms with Crippen LogP contribution in [-0.4, -0.2) is 31.0 Å². The maximum atomic E-state index is 12.7. The molecule has 118 valence electrons. The van der Waals surface area contributed by atoms with E-state index < -0.39 is 10.0 Å². The Bertz CT molecular complexity index is 715. The summed E-state index contributed by atoms with van der Waals surface area (Å²) in [4.78, 5) is 0.00869. The Morgan fingerprint density at radius 2 is 1.59 bits per heavy atom. The number of sulfonamides is 1. The van der Waals surface area contributed by atoms with Gasteiger partial charge in [0.15, 0.2) is 0 Å². The lowest BCUT2D eigenvalue weighted by molar-refractivity contribution is 0.251. The van der Waals surface area contributed by atoms with Gasteiger partial charge in [0.1, 0.15) is 0 Å². The molecule has 0 saturated carbocycles. The van der Waals surface area contributed by atoms with Gasteiger partial charge in [-0.2, -0.15) is 4.31 Å². The van der Waals surface area contributed by atoms with Gasteiger partial charge < -0.3 is 5.11 Å². The first-order valence-electron chi connectivity index (χ1n) is 6.54. The highest BCUT2D eigenvalue weighted by molar-refractivity contribution is 7.89. The highest BCUT2D eigenvalue weighted by Gasteiger charge is 2.25. The molecule has 0 aromatic heterocycles. The number of halogens is 2. The number of rotatable bonds is 6. The smallest absolute Gasteiger partial charge is 0.243 e. The number of nitrogens with zero attached hydrogens (tertiary/aromatic N) is 1. The number of aliphatic hydroxyl groups is 1. The standard InChI is InChI=1S/C15H15Cl2NO3S/c16-13-8-14(17)10-15(9-13)22(20,21)18(6-7-19)11-12-4-2-1-3-5-12/h1-5,8-10,19H,6-7,11H2. The van der Waals surface area contributed by atoms with E-state index in [1.165, 1.54) is 22.5 Å². The molecule has 0 aliphatic carbocycles. The van der Waals surface area contributed by atoms with E-state index in [4.69, 9.17) is 23.2 Å². The van der Waals surface area contributed by atoms with Crippen molar-refractivity contribution in [3.05, 3.63) is 64.1 Å². The fraction of sp³-hybridized carbons (Fsp3) is 0.200. The zero-order valence-corrected chi connectivity index (χ0v) is 13.9. The number of aliphatic hydroxyl groups excluding tert-OH is 1. The molecule has 0 spiro atoms. The van der Waals surface area contributed by atoms with Crippen LogP contribution in [0.25, 0.3) is 0 Å². The van der Waals surface area contributed by atoms with Crippen molar-refractivity contribution in [2.45, 2.75) is 11.4 Å². The third-order valence-electron chi connectivity index (χ3n) is 3.02. The summed E-state index contributed by atoms with van der Waals surface area (Å²) in [6.45, 7) is -0.129. The van der Waals surface area contributed by atoms with Gasteiger partial charge in [-0.1, -0.05) is 53.5 Å². The first-order valence-corrected chi connectivity index (χ1v) is 8.74. The molecule has 0 unspecified atom stereocenters. The summed E-state index contributed by atoms with van der Waals surface area (Å²) in [5.41, 5.74) is 0.827. The van der Waals surface area contributed by atoms with Crippen LogP contribution in [-0.2, 0) is 16.6 Å². The molecular formula is C15H15Cl2NO3S. The lowest BCUT2D eigenvalue weighted by Gasteiger charge is -2.21. The molecule has 2 rings (SSSR count). The average Bonchev–Trinajstić information content (AvgIpc) is 2.47. The van der Waals surface area contributed by atoms with Gasteiger partial charge in [0.25, 0.3) is 0 Å². The molecule has 0 atom stereocenters. The van der Waals surface area contributed by atoms with Crippen molar-refractivity contribution in [3.8, 4) is 0 Å². The summed E-state index contributed by atoms with van der Waals surface area (Å²) < 4.78 is 26.7. The van der Waals surface area contributed by atoms with Gasteiger partial charge in [0.05, 0.1) is 11.5 Å². The maximum Gasteiger partial charge on any atom is 0.243 e. The molecule has 7 heteroatoms. The van der Waals surface area contributed by atoms with Crippen molar-refractivity contribution in [1.29, 1.82) is 0 Å². The van der Waals surface area contributed by atoms with Crippen LogP contribution in [0, 0.1) is 0 Å². The molecule has 0 heterocycles. The molecule has 2 aromatic carbocycles. The second-order valence-electron chi connectivity index (χ2n) is 4.65. The van der Waals surface area contributed by atoms with E-state index in [0.29, 0.717) is 0 Å². The van der Waals surface area contributed by atoms with Gasteiger partial charge in [0, 0.05) is 23.1 Å². The van der Waals surface area contributed by atoms with E-state index in [0.717, 1.165) is 5.56 Å². The van der Waals surface area contributed by atoms with E-state index in [1.807, 2.05) is 30.3 Å². The Morgan fingerprint density at radius 1 is 1.00 bits per heavy atom. The third kappa shape index (κ3) is 4.21. The zero-order chi connectivity index (χ0) is 16.2. The minimum atomic E-state index is -3.80. The third-order valence-corrected chi connectivity index (χ3v) is 5.28. The van der Waals surface area contributed by atoms with Crippen LogP contribution in [0.3, 0.4) is 0 Å². The summed E-state index contributed by atoms with van der Waals surface area (Å²) >= 11 is 11.8. The Labute approximate surface area is 140 Å². The lowest BCUT2D eigenvalue weighted by Crippen LogP contribution is -2.33. The summed E-state index contributed by atoms with van der Waals surface area (Å²) in [5.74, 6) is 0. The van der Waals surface area contributed by atoms with Crippen LogP contribution in [0.4, 0.5) is 0 Å². The SMILES string of the molecule is O=S(=O)(c1cc(Cl)cc(Cl)c1)N(CCO)Cc1ccccc1. The fourth-order valence-electron chi connectivity index (χ4n) is 2.01. The first-order chi connectivity index (χ1) is 10.4. The van der Waals surface area contributed by atoms with Crippen LogP contribution in [0.2, 0.25) is 10.0 Å². The second kappa shape index (κ2) is 7.44. The predicted molar refractivity (Wildman–Crippen MR) is 87.6 cm³/mol. The fourth-order valence-corrected chi connectivity index (χ4v) is 4.16. The molecule has 0 aliphatic heterocycles. The molecule has 0 amide bonds. The molecule has 0 bridgehead atoms. The van der Waals surface area contributed by atoms with Crippen LogP contribution in [0.15, 0.2) is 53.4 Å². The molecule has 4 nitrogen and oxygen atoms in total. The average molecular weight is 360 g/mol. The van der Waals surface area contributed by atoms with Crippen molar-refractivity contribution < 1.29 is 13.5 Å². The van der Waals surface area contributed by atoms with Gasteiger partial charge in [0.2, 0.25) is 10.0 Å². The topological polar surface area (TPSA) is 57.6 Å². The zero-order valence-electron chi connectivity index (χ0n) is 11.6. The van der Waals surface area contributed by atoms with Crippen molar-refractivity contribution >= 4 is 33.2 Å². The first kappa shape index (κ1) is 17.2. The molecule has 0 saturated heterocycles. The molecule has 0 aliphatic rings. The van der Waals surface area contributed by atoms with E-state index in [9.17, 15) is 13.5 Å². The second-order valence-corrected chi connectivity index (χ2v) is 7.46. The highest BCUT2D eigenvalue weighted by Crippen LogP contribution is 2.25. The summed E-state index contributed by atoms with van der Waals surface area (Å²) in [6, 6.07) is 13.3. The Morgan fingerprint density at radius 3 is 2.14 bits per heavy atom. The van der Waals surface area contributed by atoms with Crippen LogP contribution < -0.4 is 0 Å². The molecule has 1 N–H and O–H groups in total. The molecule has 22 heavy (non-hydrogen) atoms. The number of benzene rings is 2. The van der Waals surface area contributed by atoms with Gasteiger partial charge in [-0.05, 0) is 23.8 Å². The van der Waals surface area contributed by atoms with Crippen molar-refractivity contribution in [2.24, 2.45) is 0 Å². The highest BCUT2D eigenvalue weighted by atomic mass is 35.5. The number of hydrogen-bond donors (Lipinski definition) is 1. The van der Waals surface area contributed by atoms with Gasteiger partial charge in [-0.3, -0.25) is 0 Å². The molecule has 0 fully saturated rings. The predicted octanol–water partition coefficient (Wildman–Crippen LogP) is 3.18. The van der Waals surface area contributed by atoms with Crippen molar-refractivity contribution in [1.82, 2.24) is 4.31 Å². The minimum absolute atomic E-state index is 0.00869. The van der Waals surface area contributed by atoms with E-state index >= 15 is 0 Å². The maximum absolute atomic E-state index is 12.7.